The molecule has 0 radical (unpaired) electrons. The number of benzene rings is 1. The van der Waals surface area contributed by atoms with Crippen molar-refractivity contribution in [2.45, 2.75) is 18.8 Å². The summed E-state index contributed by atoms with van der Waals surface area (Å²) in [5, 5.41) is 9.18. The lowest BCUT2D eigenvalue weighted by atomic mass is 9.79. The summed E-state index contributed by atoms with van der Waals surface area (Å²) in [6.07, 6.45) is 0.00498. The van der Waals surface area contributed by atoms with E-state index < -0.39 is 23.0 Å². The number of carbonyl (C=O) groups is 1. The Morgan fingerprint density at radius 2 is 2.06 bits per heavy atom. The van der Waals surface area contributed by atoms with Crippen molar-refractivity contribution in [2.24, 2.45) is 5.73 Å². The molecule has 0 aliphatic heterocycles. The van der Waals surface area contributed by atoms with Crippen LogP contribution in [0.5, 0.6) is 5.75 Å². The monoisotopic (exact) mass is 259 g/mol. The highest BCUT2D eigenvalue weighted by atomic mass is 19.1. The van der Waals surface area contributed by atoms with E-state index in [1.54, 1.807) is 0 Å². The minimum atomic E-state index is -1.56. The summed E-state index contributed by atoms with van der Waals surface area (Å²) < 4.78 is 32.0. The highest BCUT2D eigenvalue weighted by molar-refractivity contribution is 5.81. The molecule has 1 atom stereocenters. The summed E-state index contributed by atoms with van der Waals surface area (Å²) in [5.74, 6) is -3.15. The largest absolute Gasteiger partial charge is 0.494 e. The van der Waals surface area contributed by atoms with Gasteiger partial charge in [-0.1, -0.05) is 0 Å². The predicted molar refractivity (Wildman–Crippen MR) is 61.6 cm³/mol. The van der Waals surface area contributed by atoms with Crippen molar-refractivity contribution in [3.8, 4) is 5.75 Å². The van der Waals surface area contributed by atoms with Gasteiger partial charge in [0.05, 0.1) is 12.5 Å². The first-order valence-electron chi connectivity index (χ1n) is 5.33. The fraction of sp³-hybridized carbons (Fsp3) is 0.417. The molecule has 1 unspecified atom stereocenters. The second kappa shape index (κ2) is 5.30. The zero-order valence-corrected chi connectivity index (χ0v) is 10.2. The van der Waals surface area contributed by atoms with E-state index in [4.69, 9.17) is 5.73 Å². The van der Waals surface area contributed by atoms with Gasteiger partial charge in [-0.3, -0.25) is 4.79 Å². The molecule has 0 saturated heterocycles. The quantitative estimate of drug-likeness (QED) is 0.843. The first-order valence-corrected chi connectivity index (χ1v) is 5.33. The van der Waals surface area contributed by atoms with Crippen molar-refractivity contribution in [2.75, 3.05) is 13.7 Å². The molecular weight excluding hydrogens is 244 g/mol. The Labute approximate surface area is 103 Å². The molecular formula is C12H15F2NO3. The molecule has 0 aliphatic carbocycles. The summed E-state index contributed by atoms with van der Waals surface area (Å²) in [4.78, 5) is 11.3. The number of hydrogen-bond donors (Lipinski definition) is 2. The molecule has 0 fully saturated rings. The van der Waals surface area contributed by atoms with Crippen LogP contribution >= 0.6 is 0 Å². The fourth-order valence-corrected chi connectivity index (χ4v) is 1.75. The topological polar surface area (TPSA) is 72.5 Å². The lowest BCUT2D eigenvalue weighted by molar-refractivity contribution is -0.143. The molecule has 100 valence electrons. The summed E-state index contributed by atoms with van der Waals surface area (Å²) in [5.41, 5.74) is 3.53. The lowest BCUT2D eigenvalue weighted by Crippen LogP contribution is -2.35. The molecule has 6 heteroatoms. The van der Waals surface area contributed by atoms with Crippen molar-refractivity contribution in [3.05, 3.63) is 29.3 Å². The number of methoxy groups -OCH3 is 1. The molecule has 0 amide bonds. The third kappa shape index (κ3) is 2.43. The normalized spacial score (nSPS) is 14.1. The van der Waals surface area contributed by atoms with Gasteiger partial charge >= 0.3 is 5.97 Å². The Balaban J connectivity index is 3.38. The van der Waals surface area contributed by atoms with E-state index in [9.17, 15) is 18.7 Å². The minimum Gasteiger partial charge on any atom is -0.494 e. The van der Waals surface area contributed by atoms with Crippen LogP contribution in [0.25, 0.3) is 0 Å². The van der Waals surface area contributed by atoms with Gasteiger partial charge in [-0.05, 0) is 26.0 Å². The van der Waals surface area contributed by atoms with E-state index in [-0.39, 0.29) is 24.3 Å². The number of hydrogen-bond acceptors (Lipinski definition) is 3. The SMILES string of the molecule is COc1cc(F)c(C(C)(CCN)C(=O)O)cc1F. The number of carboxylic acid groups (broad SMARTS) is 1. The van der Waals surface area contributed by atoms with Crippen LogP contribution in [-0.2, 0) is 10.2 Å². The van der Waals surface area contributed by atoms with Gasteiger partial charge < -0.3 is 15.6 Å². The van der Waals surface area contributed by atoms with Crippen LogP contribution in [0, 0.1) is 11.6 Å². The summed E-state index contributed by atoms with van der Waals surface area (Å²) in [6.45, 7) is 1.36. The Morgan fingerprint density at radius 1 is 1.44 bits per heavy atom. The Morgan fingerprint density at radius 3 is 2.50 bits per heavy atom. The summed E-state index contributed by atoms with van der Waals surface area (Å²) in [7, 11) is 1.20. The third-order valence-corrected chi connectivity index (χ3v) is 2.95. The number of nitrogens with two attached hydrogens (primary N) is 1. The maximum Gasteiger partial charge on any atom is 0.313 e. The maximum absolute atomic E-state index is 13.8. The standard InChI is InChI=1S/C12H15F2NO3/c1-12(3-4-15,11(16)17)7-5-9(14)10(18-2)6-8(7)13/h5-6H,3-4,15H2,1-2H3,(H,16,17). The van der Waals surface area contributed by atoms with Gasteiger partial charge in [-0.2, -0.15) is 0 Å². The predicted octanol–water partition coefficient (Wildman–Crippen LogP) is 1.66. The van der Waals surface area contributed by atoms with Gasteiger partial charge in [0.1, 0.15) is 5.82 Å². The van der Waals surface area contributed by atoms with Crippen molar-refractivity contribution in [3.63, 3.8) is 0 Å². The van der Waals surface area contributed by atoms with E-state index in [2.05, 4.69) is 4.74 Å². The molecule has 0 spiro atoms. The van der Waals surface area contributed by atoms with Crippen LogP contribution in [0.2, 0.25) is 0 Å². The molecule has 0 aliphatic rings. The van der Waals surface area contributed by atoms with E-state index in [1.165, 1.54) is 14.0 Å². The number of ether oxygens (including phenoxy) is 1. The molecule has 0 bridgehead atoms. The third-order valence-electron chi connectivity index (χ3n) is 2.95. The van der Waals surface area contributed by atoms with Gasteiger partial charge in [0.25, 0.3) is 0 Å². The zero-order chi connectivity index (χ0) is 13.9. The van der Waals surface area contributed by atoms with Gasteiger partial charge in [0.15, 0.2) is 11.6 Å². The molecule has 1 aromatic rings. The van der Waals surface area contributed by atoms with Crippen LogP contribution in [0.15, 0.2) is 12.1 Å². The van der Waals surface area contributed by atoms with Gasteiger partial charge in [0.2, 0.25) is 0 Å². The van der Waals surface area contributed by atoms with Crippen molar-refractivity contribution < 1.29 is 23.4 Å². The van der Waals surface area contributed by atoms with E-state index in [0.29, 0.717) is 0 Å². The van der Waals surface area contributed by atoms with E-state index >= 15 is 0 Å². The average molecular weight is 259 g/mol. The molecule has 0 aromatic heterocycles. The zero-order valence-electron chi connectivity index (χ0n) is 10.2. The Bertz CT molecular complexity index is 465. The molecule has 4 nitrogen and oxygen atoms in total. The van der Waals surface area contributed by atoms with Crippen LogP contribution in [0.1, 0.15) is 18.9 Å². The van der Waals surface area contributed by atoms with Crippen molar-refractivity contribution >= 4 is 5.97 Å². The highest BCUT2D eigenvalue weighted by Crippen LogP contribution is 2.33. The fourth-order valence-electron chi connectivity index (χ4n) is 1.75. The average Bonchev–Trinajstić information content (AvgIpc) is 2.31. The van der Waals surface area contributed by atoms with Crippen molar-refractivity contribution in [1.29, 1.82) is 0 Å². The second-order valence-corrected chi connectivity index (χ2v) is 4.14. The van der Waals surface area contributed by atoms with E-state index in [0.717, 1.165) is 12.1 Å². The summed E-state index contributed by atoms with van der Waals surface area (Å²) in [6, 6.07) is 1.68. The van der Waals surface area contributed by atoms with E-state index in [1.807, 2.05) is 0 Å². The lowest BCUT2D eigenvalue weighted by Gasteiger charge is -2.25. The van der Waals surface area contributed by atoms with Gasteiger partial charge in [0, 0.05) is 11.6 Å². The number of carboxylic acids is 1. The molecule has 1 aromatic carbocycles. The molecule has 0 saturated carbocycles. The number of rotatable bonds is 5. The highest BCUT2D eigenvalue weighted by Gasteiger charge is 2.37. The molecule has 0 heterocycles. The first-order chi connectivity index (χ1) is 8.36. The second-order valence-electron chi connectivity index (χ2n) is 4.14. The van der Waals surface area contributed by atoms with Crippen molar-refractivity contribution in [1.82, 2.24) is 0 Å². The maximum atomic E-state index is 13.8. The Hall–Kier alpha value is -1.69. The van der Waals surface area contributed by atoms with Crippen LogP contribution < -0.4 is 10.5 Å². The molecule has 1 rings (SSSR count). The van der Waals surface area contributed by atoms with Crippen LogP contribution in [0.4, 0.5) is 8.78 Å². The number of aliphatic carboxylic acids is 1. The summed E-state index contributed by atoms with van der Waals surface area (Å²) >= 11 is 0. The van der Waals surface area contributed by atoms with Crippen LogP contribution in [0.3, 0.4) is 0 Å². The Kier molecular flexibility index (Phi) is 4.24. The molecule has 3 N–H and O–H groups in total. The molecule has 18 heavy (non-hydrogen) atoms. The van der Waals surface area contributed by atoms with Gasteiger partial charge in [-0.25, -0.2) is 8.78 Å². The van der Waals surface area contributed by atoms with Crippen LogP contribution in [-0.4, -0.2) is 24.7 Å². The first kappa shape index (κ1) is 14.4. The minimum absolute atomic E-state index is 0.00498. The smallest absolute Gasteiger partial charge is 0.313 e. The number of halogens is 2. The van der Waals surface area contributed by atoms with Gasteiger partial charge in [-0.15, -0.1) is 0 Å².